The van der Waals surface area contributed by atoms with Gasteiger partial charge < -0.3 is 18.6 Å². The van der Waals surface area contributed by atoms with Crippen LogP contribution in [0.1, 0.15) is 85.6 Å². The predicted octanol–water partition coefficient (Wildman–Crippen LogP) is 7.91. The molecule has 3 rings (SSSR count). The van der Waals surface area contributed by atoms with Crippen LogP contribution in [0.15, 0.2) is 53.6 Å². The number of epoxide rings is 1. The SMILES string of the molecule is CC(=O)OC(C/C=C(\C)[C@@H](C[C@@H]1O[C@@]1(C)COCc1ccccc1)O[Si](C)(C)C(C)(C)C)C1=CCCCC1. The van der Waals surface area contributed by atoms with Crippen LogP contribution in [0.5, 0.6) is 0 Å². The predicted molar refractivity (Wildman–Crippen MR) is 157 cm³/mol. The molecule has 0 saturated carbocycles. The Morgan fingerprint density at radius 3 is 2.50 bits per heavy atom. The van der Waals surface area contributed by atoms with Gasteiger partial charge in [0.2, 0.25) is 0 Å². The average Bonchev–Trinajstić information content (AvgIpc) is 3.49. The van der Waals surface area contributed by atoms with Gasteiger partial charge in [-0.05, 0) is 74.4 Å². The molecule has 1 aromatic carbocycles. The molecule has 1 saturated heterocycles. The van der Waals surface area contributed by atoms with Crippen LogP contribution in [0.25, 0.3) is 0 Å². The first-order chi connectivity index (χ1) is 17.8. The molecule has 1 aromatic rings. The van der Waals surface area contributed by atoms with E-state index in [-0.39, 0.29) is 34.9 Å². The van der Waals surface area contributed by atoms with Crippen molar-refractivity contribution >= 4 is 14.3 Å². The van der Waals surface area contributed by atoms with E-state index in [0.717, 1.165) is 25.7 Å². The van der Waals surface area contributed by atoms with Crippen molar-refractivity contribution in [2.75, 3.05) is 6.61 Å². The number of esters is 1. The Morgan fingerprint density at radius 1 is 1.18 bits per heavy atom. The lowest BCUT2D eigenvalue weighted by atomic mass is 9.92. The number of carbonyl (C=O) groups excluding carboxylic acids is 1. The van der Waals surface area contributed by atoms with Crippen molar-refractivity contribution in [3.8, 4) is 0 Å². The molecular weight excluding hydrogens is 492 g/mol. The first-order valence-corrected chi connectivity index (χ1v) is 17.2. The van der Waals surface area contributed by atoms with Crippen molar-refractivity contribution in [1.82, 2.24) is 0 Å². The third-order valence-electron chi connectivity index (χ3n) is 8.42. The van der Waals surface area contributed by atoms with Gasteiger partial charge in [0.05, 0.1) is 25.4 Å². The normalized spacial score (nSPS) is 23.9. The summed E-state index contributed by atoms with van der Waals surface area (Å²) in [5.74, 6) is -0.223. The fourth-order valence-electron chi connectivity index (χ4n) is 4.77. The minimum Gasteiger partial charge on any atom is -0.458 e. The van der Waals surface area contributed by atoms with Gasteiger partial charge in [-0.3, -0.25) is 4.79 Å². The van der Waals surface area contributed by atoms with Gasteiger partial charge in [-0.2, -0.15) is 0 Å². The minimum atomic E-state index is -2.02. The maximum absolute atomic E-state index is 11.9. The van der Waals surface area contributed by atoms with E-state index in [4.69, 9.17) is 18.6 Å². The summed E-state index contributed by atoms with van der Waals surface area (Å²) >= 11 is 0. The number of ether oxygens (including phenoxy) is 3. The molecule has 1 aliphatic heterocycles. The van der Waals surface area contributed by atoms with E-state index in [2.05, 4.69) is 72.0 Å². The standard InChI is InChI=1S/C32H50O5Si/c1-24(19-20-28(35-25(2)33)27-17-13-10-14-18-27)29(37-38(7,8)31(3,4)5)21-30-32(6,36-30)23-34-22-26-15-11-9-12-16-26/h9,11-12,15-17,19,28-30H,10,13-14,18,20-23H2,1-8H3/b24-19+/t28?,29-,30+,32+/m1/s1. The van der Waals surface area contributed by atoms with E-state index in [1.807, 2.05) is 18.2 Å². The summed E-state index contributed by atoms with van der Waals surface area (Å²) in [6, 6.07) is 10.2. The van der Waals surface area contributed by atoms with Crippen LogP contribution in [0.2, 0.25) is 18.1 Å². The van der Waals surface area contributed by atoms with Gasteiger partial charge in [0.1, 0.15) is 11.7 Å². The second-order valence-electron chi connectivity index (χ2n) is 12.8. The fourth-order valence-corrected chi connectivity index (χ4v) is 6.12. The summed E-state index contributed by atoms with van der Waals surface area (Å²) < 4.78 is 25.0. The summed E-state index contributed by atoms with van der Waals surface area (Å²) in [5.41, 5.74) is 3.32. The third-order valence-corrected chi connectivity index (χ3v) is 12.9. The van der Waals surface area contributed by atoms with Crippen LogP contribution < -0.4 is 0 Å². The molecule has 0 radical (unpaired) electrons. The monoisotopic (exact) mass is 542 g/mol. The van der Waals surface area contributed by atoms with Crippen molar-refractivity contribution in [1.29, 1.82) is 0 Å². The Labute approximate surface area is 232 Å². The van der Waals surface area contributed by atoms with Gasteiger partial charge >= 0.3 is 5.97 Å². The van der Waals surface area contributed by atoms with E-state index in [0.29, 0.717) is 19.6 Å². The number of benzene rings is 1. The molecule has 0 spiro atoms. The average molecular weight is 543 g/mol. The number of carbonyl (C=O) groups is 1. The largest absolute Gasteiger partial charge is 0.458 e. The fraction of sp³-hybridized carbons (Fsp3) is 0.656. The van der Waals surface area contributed by atoms with Crippen molar-refractivity contribution in [3.05, 3.63) is 59.2 Å². The maximum Gasteiger partial charge on any atom is 0.303 e. The van der Waals surface area contributed by atoms with Crippen LogP contribution in [0.4, 0.5) is 0 Å². The zero-order valence-electron chi connectivity index (χ0n) is 25.0. The van der Waals surface area contributed by atoms with Crippen LogP contribution in [0.3, 0.4) is 0 Å². The van der Waals surface area contributed by atoms with E-state index >= 15 is 0 Å². The summed E-state index contributed by atoms with van der Waals surface area (Å²) in [7, 11) is -2.02. The summed E-state index contributed by atoms with van der Waals surface area (Å²) in [6.07, 6.45) is 10.3. The molecule has 1 aliphatic carbocycles. The zero-order valence-corrected chi connectivity index (χ0v) is 26.0. The first kappa shape index (κ1) is 30.8. The lowest BCUT2D eigenvalue weighted by Gasteiger charge is -2.39. The molecule has 0 aromatic heterocycles. The van der Waals surface area contributed by atoms with E-state index < -0.39 is 8.32 Å². The summed E-state index contributed by atoms with van der Waals surface area (Å²) in [6.45, 7) is 18.4. The number of hydrogen-bond donors (Lipinski definition) is 0. The Hall–Kier alpha value is -1.73. The highest BCUT2D eigenvalue weighted by Gasteiger charge is 2.54. The molecule has 2 aliphatic rings. The van der Waals surface area contributed by atoms with Gasteiger partial charge in [0.15, 0.2) is 8.32 Å². The van der Waals surface area contributed by atoms with Crippen molar-refractivity contribution in [2.45, 2.75) is 129 Å². The molecule has 1 heterocycles. The smallest absolute Gasteiger partial charge is 0.303 e. The quantitative estimate of drug-likeness (QED) is 0.110. The number of allylic oxidation sites excluding steroid dienone is 1. The Morgan fingerprint density at radius 2 is 1.89 bits per heavy atom. The number of rotatable bonds is 13. The molecule has 1 unspecified atom stereocenters. The molecule has 1 fully saturated rings. The first-order valence-electron chi connectivity index (χ1n) is 14.3. The lowest BCUT2D eigenvalue weighted by Crippen LogP contribution is -2.44. The van der Waals surface area contributed by atoms with Gasteiger partial charge in [-0.15, -0.1) is 0 Å². The zero-order chi connectivity index (χ0) is 28.0. The highest BCUT2D eigenvalue weighted by Crippen LogP contribution is 2.44. The van der Waals surface area contributed by atoms with Crippen molar-refractivity contribution in [3.63, 3.8) is 0 Å². The second-order valence-corrected chi connectivity index (χ2v) is 17.6. The second kappa shape index (κ2) is 13.1. The van der Waals surface area contributed by atoms with Crippen molar-refractivity contribution < 1.29 is 23.4 Å². The lowest BCUT2D eigenvalue weighted by molar-refractivity contribution is -0.144. The van der Waals surface area contributed by atoms with Crippen LogP contribution in [-0.2, 0) is 30.0 Å². The molecule has 4 atom stereocenters. The molecule has 212 valence electrons. The minimum absolute atomic E-state index is 0.0462. The highest BCUT2D eigenvalue weighted by atomic mass is 28.4. The van der Waals surface area contributed by atoms with Crippen LogP contribution in [0, 0.1) is 0 Å². The van der Waals surface area contributed by atoms with E-state index in [9.17, 15) is 4.79 Å². The van der Waals surface area contributed by atoms with Gasteiger partial charge in [-0.25, -0.2) is 0 Å². The van der Waals surface area contributed by atoms with Gasteiger partial charge in [0.25, 0.3) is 0 Å². The molecule has 0 bridgehead atoms. The molecule has 0 amide bonds. The van der Waals surface area contributed by atoms with Gasteiger partial charge in [-0.1, -0.05) is 63.3 Å². The Bertz CT molecular complexity index is 977. The Balaban J connectivity index is 1.69. The van der Waals surface area contributed by atoms with E-state index in [1.54, 1.807) is 0 Å². The summed E-state index contributed by atoms with van der Waals surface area (Å²) in [4.78, 5) is 11.9. The maximum atomic E-state index is 11.9. The highest BCUT2D eigenvalue weighted by molar-refractivity contribution is 6.74. The molecule has 6 heteroatoms. The third kappa shape index (κ3) is 8.90. The molecule has 38 heavy (non-hydrogen) atoms. The van der Waals surface area contributed by atoms with Crippen LogP contribution >= 0.6 is 0 Å². The summed E-state index contributed by atoms with van der Waals surface area (Å²) in [5, 5.41) is 0.102. The topological polar surface area (TPSA) is 57.3 Å². The van der Waals surface area contributed by atoms with Crippen molar-refractivity contribution in [2.24, 2.45) is 0 Å². The molecule has 5 nitrogen and oxygen atoms in total. The number of hydrogen-bond acceptors (Lipinski definition) is 5. The Kier molecular flexibility index (Phi) is 10.6. The van der Waals surface area contributed by atoms with Gasteiger partial charge in [0, 0.05) is 19.8 Å². The molecular formula is C32H50O5Si. The molecule has 0 N–H and O–H groups in total. The van der Waals surface area contributed by atoms with E-state index in [1.165, 1.54) is 30.1 Å². The van der Waals surface area contributed by atoms with Crippen LogP contribution in [-0.4, -0.2) is 44.8 Å².